The average molecular weight is 285 g/mol. The van der Waals surface area contributed by atoms with Gasteiger partial charge in [-0.05, 0) is 19.4 Å². The van der Waals surface area contributed by atoms with Crippen LogP contribution in [0.3, 0.4) is 0 Å². The molecule has 3 N–H and O–H groups in total. The van der Waals surface area contributed by atoms with Crippen LogP contribution in [0.1, 0.15) is 96.3 Å². The highest BCUT2D eigenvalue weighted by Gasteiger charge is 1.97. The number of carboxylic acids is 1. The van der Waals surface area contributed by atoms with E-state index in [2.05, 4.69) is 0 Å². The molecular formula is C17H35NO2. The summed E-state index contributed by atoms with van der Waals surface area (Å²) in [5.41, 5.74) is 5.46. The first-order valence-corrected chi connectivity index (χ1v) is 8.69. The minimum absolute atomic E-state index is 0.339. The van der Waals surface area contributed by atoms with Crippen LogP contribution in [0.4, 0.5) is 0 Å². The van der Waals surface area contributed by atoms with Crippen LogP contribution in [0.5, 0.6) is 0 Å². The van der Waals surface area contributed by atoms with Gasteiger partial charge in [0.1, 0.15) is 0 Å². The number of nitrogens with two attached hydrogens (primary N) is 1. The SMILES string of the molecule is NCCCCCCCCCCCCCCCCC(=O)O. The lowest BCUT2D eigenvalue weighted by Crippen LogP contribution is -1.97. The molecule has 0 rings (SSSR count). The smallest absolute Gasteiger partial charge is 0.303 e. The van der Waals surface area contributed by atoms with Gasteiger partial charge in [-0.25, -0.2) is 0 Å². The van der Waals surface area contributed by atoms with Crippen molar-refractivity contribution in [3.63, 3.8) is 0 Å². The van der Waals surface area contributed by atoms with Gasteiger partial charge in [-0.15, -0.1) is 0 Å². The molecule has 0 saturated heterocycles. The van der Waals surface area contributed by atoms with Crippen molar-refractivity contribution in [2.75, 3.05) is 6.54 Å². The molecule has 0 aliphatic carbocycles. The molecule has 0 amide bonds. The van der Waals surface area contributed by atoms with E-state index in [1.165, 1.54) is 77.0 Å². The van der Waals surface area contributed by atoms with Gasteiger partial charge in [0.05, 0.1) is 0 Å². The maximum atomic E-state index is 10.3. The first-order chi connectivity index (χ1) is 9.77. The van der Waals surface area contributed by atoms with Crippen LogP contribution >= 0.6 is 0 Å². The lowest BCUT2D eigenvalue weighted by Gasteiger charge is -2.03. The predicted octanol–water partition coefficient (Wildman–Crippen LogP) is 4.88. The Bertz CT molecular complexity index is 207. The minimum atomic E-state index is -0.659. The number of rotatable bonds is 16. The van der Waals surface area contributed by atoms with Gasteiger partial charge < -0.3 is 10.8 Å². The molecule has 0 saturated carbocycles. The van der Waals surface area contributed by atoms with Crippen molar-refractivity contribution < 1.29 is 9.90 Å². The average Bonchev–Trinajstić information content (AvgIpc) is 2.43. The van der Waals surface area contributed by atoms with E-state index in [-0.39, 0.29) is 0 Å². The number of hydrogen-bond donors (Lipinski definition) is 2. The molecule has 0 aliphatic heterocycles. The Balaban J connectivity index is 2.94. The molecule has 0 aliphatic rings. The van der Waals surface area contributed by atoms with E-state index < -0.39 is 5.97 Å². The van der Waals surface area contributed by atoms with E-state index in [4.69, 9.17) is 10.8 Å². The van der Waals surface area contributed by atoms with E-state index in [0.29, 0.717) is 6.42 Å². The monoisotopic (exact) mass is 285 g/mol. The number of aliphatic carboxylic acids is 1. The fraction of sp³-hybridized carbons (Fsp3) is 0.941. The molecule has 3 heteroatoms. The maximum Gasteiger partial charge on any atom is 0.303 e. The van der Waals surface area contributed by atoms with Crippen molar-refractivity contribution in [3.05, 3.63) is 0 Å². The highest BCUT2D eigenvalue weighted by molar-refractivity contribution is 5.66. The van der Waals surface area contributed by atoms with Gasteiger partial charge in [0.25, 0.3) is 0 Å². The molecule has 120 valence electrons. The Morgan fingerprint density at radius 2 is 0.900 bits per heavy atom. The highest BCUT2D eigenvalue weighted by atomic mass is 16.4. The summed E-state index contributed by atoms with van der Waals surface area (Å²) >= 11 is 0. The molecule has 0 fully saturated rings. The Hall–Kier alpha value is -0.570. The van der Waals surface area contributed by atoms with E-state index in [9.17, 15) is 4.79 Å². The van der Waals surface area contributed by atoms with Crippen molar-refractivity contribution >= 4 is 5.97 Å². The van der Waals surface area contributed by atoms with Crippen LogP contribution in [-0.4, -0.2) is 17.6 Å². The molecule has 0 unspecified atom stereocenters. The molecule has 0 bridgehead atoms. The first kappa shape index (κ1) is 19.4. The topological polar surface area (TPSA) is 63.3 Å². The molecule has 0 aromatic rings. The van der Waals surface area contributed by atoms with Crippen molar-refractivity contribution in [1.82, 2.24) is 0 Å². The zero-order chi connectivity index (χ0) is 14.9. The molecular weight excluding hydrogens is 250 g/mol. The van der Waals surface area contributed by atoms with E-state index >= 15 is 0 Å². The summed E-state index contributed by atoms with van der Waals surface area (Å²) in [7, 11) is 0. The molecule has 0 spiro atoms. The molecule has 20 heavy (non-hydrogen) atoms. The van der Waals surface area contributed by atoms with Gasteiger partial charge >= 0.3 is 5.97 Å². The van der Waals surface area contributed by atoms with E-state index in [1.54, 1.807) is 0 Å². The zero-order valence-electron chi connectivity index (χ0n) is 13.2. The summed E-state index contributed by atoms with van der Waals surface area (Å²) in [6.45, 7) is 0.844. The van der Waals surface area contributed by atoms with Crippen molar-refractivity contribution in [1.29, 1.82) is 0 Å². The lowest BCUT2D eigenvalue weighted by molar-refractivity contribution is -0.137. The van der Waals surface area contributed by atoms with Crippen LogP contribution in [-0.2, 0) is 4.79 Å². The number of hydrogen-bond acceptors (Lipinski definition) is 2. The van der Waals surface area contributed by atoms with Gasteiger partial charge in [-0.1, -0.05) is 77.0 Å². The third-order valence-electron chi connectivity index (χ3n) is 3.84. The van der Waals surface area contributed by atoms with Gasteiger partial charge in [0, 0.05) is 6.42 Å². The highest BCUT2D eigenvalue weighted by Crippen LogP contribution is 2.13. The largest absolute Gasteiger partial charge is 0.481 e. The maximum absolute atomic E-state index is 10.3. The summed E-state index contributed by atoms with van der Waals surface area (Å²) in [4.78, 5) is 10.3. The minimum Gasteiger partial charge on any atom is -0.481 e. The van der Waals surface area contributed by atoms with Crippen molar-refractivity contribution in [3.8, 4) is 0 Å². The summed E-state index contributed by atoms with van der Waals surface area (Å²) in [5, 5.41) is 8.51. The second kappa shape index (κ2) is 16.5. The molecule has 0 heterocycles. The van der Waals surface area contributed by atoms with Gasteiger partial charge in [-0.3, -0.25) is 4.79 Å². The van der Waals surface area contributed by atoms with Crippen molar-refractivity contribution in [2.45, 2.75) is 96.3 Å². The van der Waals surface area contributed by atoms with E-state index in [1.807, 2.05) is 0 Å². The third-order valence-corrected chi connectivity index (χ3v) is 3.84. The molecule has 0 radical (unpaired) electrons. The van der Waals surface area contributed by atoms with E-state index in [0.717, 1.165) is 19.4 Å². The number of carbonyl (C=O) groups is 1. The van der Waals surface area contributed by atoms with Crippen LogP contribution in [0.25, 0.3) is 0 Å². The second-order valence-corrected chi connectivity index (χ2v) is 5.88. The summed E-state index contributed by atoms with van der Waals surface area (Å²) in [5.74, 6) is -0.659. The molecule has 0 aromatic carbocycles. The Labute approximate surface area is 125 Å². The van der Waals surface area contributed by atoms with Crippen molar-refractivity contribution in [2.24, 2.45) is 5.73 Å². The van der Waals surface area contributed by atoms with Gasteiger partial charge in [0.15, 0.2) is 0 Å². The molecule has 3 nitrogen and oxygen atoms in total. The normalized spacial score (nSPS) is 10.8. The lowest BCUT2D eigenvalue weighted by atomic mass is 10.0. The predicted molar refractivity (Wildman–Crippen MR) is 85.9 cm³/mol. The fourth-order valence-electron chi connectivity index (χ4n) is 2.54. The van der Waals surface area contributed by atoms with Crippen LogP contribution in [0.2, 0.25) is 0 Å². The molecule has 0 atom stereocenters. The first-order valence-electron chi connectivity index (χ1n) is 8.69. The van der Waals surface area contributed by atoms with Gasteiger partial charge in [0.2, 0.25) is 0 Å². The van der Waals surface area contributed by atoms with Crippen LogP contribution < -0.4 is 5.73 Å². The molecule has 0 aromatic heterocycles. The Kier molecular flexibility index (Phi) is 16.0. The fourth-order valence-corrected chi connectivity index (χ4v) is 2.54. The van der Waals surface area contributed by atoms with Crippen LogP contribution in [0.15, 0.2) is 0 Å². The van der Waals surface area contributed by atoms with Crippen LogP contribution in [0, 0.1) is 0 Å². The summed E-state index contributed by atoms with van der Waals surface area (Å²) in [6, 6.07) is 0. The Morgan fingerprint density at radius 1 is 0.600 bits per heavy atom. The number of carboxylic acid groups (broad SMARTS) is 1. The summed E-state index contributed by atoms with van der Waals surface area (Å²) < 4.78 is 0. The standard InChI is InChI=1S/C17H35NO2/c18-16-14-12-10-8-6-4-2-1-3-5-7-9-11-13-15-17(19)20/h1-16,18H2,(H,19,20). The third kappa shape index (κ3) is 17.4. The zero-order valence-corrected chi connectivity index (χ0v) is 13.2. The Morgan fingerprint density at radius 3 is 1.20 bits per heavy atom. The quantitative estimate of drug-likeness (QED) is 0.397. The number of unbranched alkanes of at least 4 members (excludes halogenated alkanes) is 13. The van der Waals surface area contributed by atoms with Gasteiger partial charge in [-0.2, -0.15) is 0 Å². The second-order valence-electron chi connectivity index (χ2n) is 5.88. The summed E-state index contributed by atoms with van der Waals surface area (Å²) in [6.07, 6.45) is 18.2.